The van der Waals surface area contributed by atoms with Crippen LogP contribution in [0.1, 0.15) is 74.3 Å². The number of benzene rings is 1. The van der Waals surface area contributed by atoms with Gasteiger partial charge in [0.1, 0.15) is 5.60 Å². The number of amides is 3. The van der Waals surface area contributed by atoms with Crippen molar-refractivity contribution in [3.63, 3.8) is 0 Å². The molecule has 0 aliphatic carbocycles. The van der Waals surface area contributed by atoms with Crippen LogP contribution in [0.15, 0.2) is 30.3 Å². The highest BCUT2D eigenvalue weighted by Gasteiger charge is 2.34. The summed E-state index contributed by atoms with van der Waals surface area (Å²) in [7, 11) is 0. The summed E-state index contributed by atoms with van der Waals surface area (Å²) in [6, 6.07) is 8.76. The van der Waals surface area contributed by atoms with Gasteiger partial charge in [0, 0.05) is 18.5 Å². The molecule has 0 fully saturated rings. The van der Waals surface area contributed by atoms with Crippen molar-refractivity contribution in [2.75, 3.05) is 6.54 Å². The predicted molar refractivity (Wildman–Crippen MR) is 138 cm³/mol. The highest BCUT2D eigenvalue weighted by Crippen LogP contribution is 2.29. The lowest BCUT2D eigenvalue weighted by atomic mass is 9.77. The molecule has 3 amide bonds. The summed E-state index contributed by atoms with van der Waals surface area (Å²) in [5.74, 6) is -1.12. The molecule has 0 bridgehead atoms. The maximum Gasteiger partial charge on any atom is 0.407 e. The van der Waals surface area contributed by atoms with E-state index in [4.69, 9.17) is 4.74 Å². The molecule has 1 aromatic carbocycles. The number of alkyl carbamates (subject to hydrolysis) is 1. The molecule has 8 heteroatoms. The Morgan fingerprint density at radius 1 is 0.943 bits per heavy atom. The topological polar surface area (TPSA) is 117 Å². The summed E-state index contributed by atoms with van der Waals surface area (Å²) >= 11 is 0. The zero-order chi connectivity index (χ0) is 27.0. The quantitative estimate of drug-likeness (QED) is 0.421. The highest BCUT2D eigenvalue weighted by molar-refractivity contribution is 5.86. The summed E-state index contributed by atoms with van der Waals surface area (Å²) in [6.07, 6.45) is -1.33. The summed E-state index contributed by atoms with van der Waals surface area (Å²) < 4.78 is 5.36. The number of hydrogen-bond acceptors (Lipinski definition) is 5. The number of nitrogens with one attached hydrogen (secondary N) is 3. The molecule has 1 aromatic rings. The Labute approximate surface area is 210 Å². The Morgan fingerprint density at radius 2 is 1.51 bits per heavy atom. The van der Waals surface area contributed by atoms with Gasteiger partial charge < -0.3 is 25.8 Å². The molecular formula is C27H45N3O5. The van der Waals surface area contributed by atoms with Gasteiger partial charge in [-0.05, 0) is 58.9 Å². The number of rotatable bonds is 9. The van der Waals surface area contributed by atoms with E-state index in [-0.39, 0.29) is 24.8 Å². The van der Waals surface area contributed by atoms with Crippen LogP contribution in [-0.4, -0.2) is 52.8 Å². The lowest BCUT2D eigenvalue weighted by molar-refractivity contribution is -0.134. The first-order valence-corrected chi connectivity index (χ1v) is 12.2. The fraction of sp³-hybridized carbons (Fsp3) is 0.667. The molecule has 0 saturated carbocycles. The van der Waals surface area contributed by atoms with E-state index < -0.39 is 40.7 Å². The fourth-order valence-corrected chi connectivity index (χ4v) is 3.53. The van der Waals surface area contributed by atoms with Crippen LogP contribution in [0, 0.1) is 11.3 Å². The predicted octanol–water partition coefficient (Wildman–Crippen LogP) is 3.57. The molecule has 0 saturated heterocycles. The summed E-state index contributed by atoms with van der Waals surface area (Å²) in [5, 5.41) is 19.3. The Hall–Kier alpha value is -2.61. The second-order valence-electron chi connectivity index (χ2n) is 12.2. The first-order chi connectivity index (χ1) is 15.9. The largest absolute Gasteiger partial charge is 0.444 e. The number of carbonyl (C=O) groups excluding carboxylic acids is 3. The van der Waals surface area contributed by atoms with Gasteiger partial charge in [-0.3, -0.25) is 9.59 Å². The lowest BCUT2D eigenvalue weighted by Gasteiger charge is -2.32. The van der Waals surface area contributed by atoms with Crippen molar-refractivity contribution in [3.8, 4) is 0 Å². The third-order valence-corrected chi connectivity index (χ3v) is 5.22. The SMILES string of the molecule is CC(C)(C)NC(=O)C[C@@H](C(=O)NC[C@@H](O)[C@H](Cc1ccccc1)NC(=O)OC(C)(C)C)C(C)(C)C. The normalized spacial score (nSPS) is 14.9. The first kappa shape index (κ1) is 30.4. The van der Waals surface area contributed by atoms with E-state index in [9.17, 15) is 19.5 Å². The van der Waals surface area contributed by atoms with E-state index in [0.29, 0.717) is 6.42 Å². The van der Waals surface area contributed by atoms with E-state index in [1.54, 1.807) is 20.8 Å². The van der Waals surface area contributed by atoms with Crippen LogP contribution >= 0.6 is 0 Å². The number of carbonyl (C=O) groups is 3. The minimum atomic E-state index is -1.07. The average Bonchev–Trinajstić information content (AvgIpc) is 2.66. The van der Waals surface area contributed by atoms with Crippen molar-refractivity contribution >= 4 is 17.9 Å². The van der Waals surface area contributed by atoms with Crippen LogP contribution in [0.3, 0.4) is 0 Å². The third kappa shape index (κ3) is 12.6. The van der Waals surface area contributed by atoms with Crippen LogP contribution in [0.4, 0.5) is 4.79 Å². The molecule has 0 radical (unpaired) electrons. The van der Waals surface area contributed by atoms with Crippen LogP contribution in [-0.2, 0) is 20.7 Å². The Morgan fingerprint density at radius 3 is 2.00 bits per heavy atom. The van der Waals surface area contributed by atoms with Crippen LogP contribution < -0.4 is 16.0 Å². The second kappa shape index (κ2) is 12.4. The Balaban J connectivity index is 2.91. The standard InChI is InChI=1S/C27H45N3O5/c1-25(2,3)19(16-22(32)30-26(4,5)6)23(33)28-17-21(31)20(15-18-13-11-10-12-14-18)29-24(34)35-27(7,8)9/h10-14,19-21,31H,15-17H2,1-9H3,(H,28,33)(H,29,34)(H,30,32)/t19-,20-,21+/m0/s1. The van der Waals surface area contributed by atoms with Crippen molar-refractivity contribution in [1.82, 2.24) is 16.0 Å². The molecule has 8 nitrogen and oxygen atoms in total. The molecule has 35 heavy (non-hydrogen) atoms. The zero-order valence-electron chi connectivity index (χ0n) is 22.8. The van der Waals surface area contributed by atoms with Gasteiger partial charge in [0.05, 0.1) is 18.1 Å². The molecule has 0 aromatic heterocycles. The molecule has 4 N–H and O–H groups in total. The molecular weight excluding hydrogens is 446 g/mol. The average molecular weight is 492 g/mol. The van der Waals surface area contributed by atoms with Crippen molar-refractivity contribution < 1.29 is 24.2 Å². The number of aliphatic hydroxyl groups excluding tert-OH is 1. The van der Waals surface area contributed by atoms with Crippen molar-refractivity contribution in [2.24, 2.45) is 11.3 Å². The maximum absolute atomic E-state index is 13.1. The van der Waals surface area contributed by atoms with E-state index in [0.717, 1.165) is 5.56 Å². The van der Waals surface area contributed by atoms with E-state index in [1.165, 1.54) is 0 Å². The van der Waals surface area contributed by atoms with Gasteiger partial charge in [0.2, 0.25) is 11.8 Å². The van der Waals surface area contributed by atoms with Gasteiger partial charge in [-0.2, -0.15) is 0 Å². The van der Waals surface area contributed by atoms with Crippen LogP contribution in [0.5, 0.6) is 0 Å². The number of hydrogen-bond donors (Lipinski definition) is 4. The smallest absolute Gasteiger partial charge is 0.407 e. The summed E-state index contributed by atoms with van der Waals surface area (Å²) in [5.41, 5.74) is -0.633. The molecule has 0 spiro atoms. The van der Waals surface area contributed by atoms with E-state index in [2.05, 4.69) is 16.0 Å². The van der Waals surface area contributed by atoms with Gasteiger partial charge in [0.25, 0.3) is 0 Å². The van der Waals surface area contributed by atoms with Gasteiger partial charge in [-0.15, -0.1) is 0 Å². The highest BCUT2D eigenvalue weighted by atomic mass is 16.6. The van der Waals surface area contributed by atoms with E-state index >= 15 is 0 Å². The fourth-order valence-electron chi connectivity index (χ4n) is 3.53. The second-order valence-corrected chi connectivity index (χ2v) is 12.2. The van der Waals surface area contributed by atoms with Crippen LogP contribution in [0.2, 0.25) is 0 Å². The summed E-state index contributed by atoms with van der Waals surface area (Å²) in [6.45, 7) is 16.6. The van der Waals surface area contributed by atoms with Crippen molar-refractivity contribution in [3.05, 3.63) is 35.9 Å². The van der Waals surface area contributed by atoms with Crippen molar-refractivity contribution in [2.45, 2.75) is 98.4 Å². The zero-order valence-corrected chi connectivity index (χ0v) is 22.8. The van der Waals surface area contributed by atoms with E-state index in [1.807, 2.05) is 71.9 Å². The van der Waals surface area contributed by atoms with Gasteiger partial charge in [-0.25, -0.2) is 4.79 Å². The van der Waals surface area contributed by atoms with Gasteiger partial charge in [-0.1, -0.05) is 51.1 Å². The molecule has 3 atom stereocenters. The molecule has 1 rings (SSSR count). The van der Waals surface area contributed by atoms with Crippen molar-refractivity contribution in [1.29, 1.82) is 0 Å². The molecule has 0 heterocycles. The number of aliphatic hydroxyl groups is 1. The third-order valence-electron chi connectivity index (χ3n) is 5.22. The Kier molecular flexibility index (Phi) is 10.8. The maximum atomic E-state index is 13.1. The Bertz CT molecular complexity index is 835. The monoisotopic (exact) mass is 491 g/mol. The van der Waals surface area contributed by atoms with Gasteiger partial charge >= 0.3 is 6.09 Å². The summed E-state index contributed by atoms with van der Waals surface area (Å²) in [4.78, 5) is 38.0. The van der Waals surface area contributed by atoms with Gasteiger partial charge in [0.15, 0.2) is 0 Å². The number of ether oxygens (including phenoxy) is 1. The molecule has 198 valence electrons. The van der Waals surface area contributed by atoms with Crippen LogP contribution in [0.25, 0.3) is 0 Å². The molecule has 0 unspecified atom stereocenters. The lowest BCUT2D eigenvalue weighted by Crippen LogP contribution is -2.52. The molecule has 0 aliphatic heterocycles. The first-order valence-electron chi connectivity index (χ1n) is 12.2. The minimum absolute atomic E-state index is 0.0340. The minimum Gasteiger partial charge on any atom is -0.444 e. The molecule has 0 aliphatic rings.